The van der Waals surface area contributed by atoms with Crippen molar-refractivity contribution in [2.24, 2.45) is 5.92 Å². The summed E-state index contributed by atoms with van der Waals surface area (Å²) in [4.78, 5) is 17.6. The number of carbonyl (C=O) groups excluding carboxylic acids is 1. The van der Waals surface area contributed by atoms with Gasteiger partial charge in [0.15, 0.2) is 5.82 Å². The lowest BCUT2D eigenvalue weighted by atomic mass is 9.90. The van der Waals surface area contributed by atoms with Gasteiger partial charge in [-0.25, -0.2) is 4.98 Å². The molecule has 1 aliphatic rings. The number of ether oxygens (including phenoxy) is 1. The minimum Gasteiger partial charge on any atom is -0.468 e. The smallest absolute Gasteiger partial charge is 0.316 e. The molecule has 2 heterocycles. The van der Waals surface area contributed by atoms with Gasteiger partial charge in [-0.3, -0.25) is 9.89 Å². The number of carbonyl (C=O) groups is 1. The van der Waals surface area contributed by atoms with E-state index in [2.05, 4.69) is 15.2 Å². The molecular formula is C14H17N3O2S. The predicted molar refractivity (Wildman–Crippen MR) is 76.4 cm³/mol. The Bertz CT molecular complexity index is 573. The third kappa shape index (κ3) is 2.47. The van der Waals surface area contributed by atoms with E-state index in [4.69, 9.17) is 4.74 Å². The number of nitrogens with one attached hydrogen (secondary N) is 1. The number of aromatic nitrogens is 3. The monoisotopic (exact) mass is 291 g/mol. The highest BCUT2D eigenvalue weighted by Gasteiger charge is 2.35. The molecule has 5 nitrogen and oxygen atoms in total. The summed E-state index contributed by atoms with van der Waals surface area (Å²) < 4.78 is 4.96. The molecule has 0 amide bonds. The van der Waals surface area contributed by atoms with Crippen molar-refractivity contribution in [2.45, 2.75) is 31.6 Å². The van der Waals surface area contributed by atoms with Gasteiger partial charge in [0, 0.05) is 0 Å². The maximum atomic E-state index is 12.1. The summed E-state index contributed by atoms with van der Waals surface area (Å²) in [6.07, 6.45) is 4.44. The Morgan fingerprint density at radius 3 is 2.95 bits per heavy atom. The highest BCUT2D eigenvalue weighted by Crippen LogP contribution is 2.37. The van der Waals surface area contributed by atoms with E-state index in [-0.39, 0.29) is 11.9 Å². The molecule has 0 spiro atoms. The van der Waals surface area contributed by atoms with E-state index in [9.17, 15) is 4.79 Å². The number of thiophene rings is 1. The van der Waals surface area contributed by atoms with Gasteiger partial charge in [0.25, 0.3) is 0 Å². The van der Waals surface area contributed by atoms with Crippen LogP contribution in [-0.4, -0.2) is 28.3 Å². The minimum absolute atomic E-state index is 0.217. The van der Waals surface area contributed by atoms with Crippen LogP contribution in [0.4, 0.5) is 0 Å². The van der Waals surface area contributed by atoms with Crippen molar-refractivity contribution in [3.8, 4) is 10.7 Å². The second-order valence-electron chi connectivity index (χ2n) is 5.07. The molecule has 20 heavy (non-hydrogen) atoms. The quantitative estimate of drug-likeness (QED) is 0.879. The van der Waals surface area contributed by atoms with Crippen molar-refractivity contribution < 1.29 is 9.53 Å². The van der Waals surface area contributed by atoms with Gasteiger partial charge in [0.05, 0.1) is 12.0 Å². The van der Waals surface area contributed by atoms with Crippen LogP contribution in [0.15, 0.2) is 17.5 Å². The minimum atomic E-state index is -0.316. The number of methoxy groups -OCH3 is 1. The van der Waals surface area contributed by atoms with Gasteiger partial charge in [-0.2, -0.15) is 5.10 Å². The van der Waals surface area contributed by atoms with Crippen molar-refractivity contribution >= 4 is 17.3 Å². The summed E-state index contributed by atoms with van der Waals surface area (Å²) in [5, 5.41) is 9.15. The molecule has 0 radical (unpaired) electrons. The molecule has 1 unspecified atom stereocenters. The van der Waals surface area contributed by atoms with E-state index < -0.39 is 0 Å². The van der Waals surface area contributed by atoms with Crippen LogP contribution in [0, 0.1) is 5.92 Å². The Morgan fingerprint density at radius 2 is 2.30 bits per heavy atom. The highest BCUT2D eigenvalue weighted by molar-refractivity contribution is 7.13. The van der Waals surface area contributed by atoms with E-state index in [1.807, 2.05) is 17.5 Å². The predicted octanol–water partition coefficient (Wildman–Crippen LogP) is 2.98. The molecule has 1 atom stereocenters. The van der Waals surface area contributed by atoms with E-state index in [0.29, 0.717) is 17.6 Å². The lowest BCUT2D eigenvalue weighted by Crippen LogP contribution is -2.22. The van der Waals surface area contributed by atoms with Crippen LogP contribution >= 0.6 is 11.3 Å². The first-order chi connectivity index (χ1) is 9.79. The van der Waals surface area contributed by atoms with Gasteiger partial charge >= 0.3 is 5.97 Å². The third-order valence-corrected chi connectivity index (χ3v) is 4.73. The number of esters is 1. The van der Waals surface area contributed by atoms with E-state index in [1.165, 1.54) is 20.0 Å². The average molecular weight is 291 g/mol. The zero-order valence-corrected chi connectivity index (χ0v) is 12.2. The van der Waals surface area contributed by atoms with E-state index in [0.717, 1.165) is 17.7 Å². The first kappa shape index (κ1) is 13.3. The van der Waals surface area contributed by atoms with E-state index in [1.54, 1.807) is 11.3 Å². The zero-order valence-electron chi connectivity index (χ0n) is 11.3. The number of hydrogen-bond donors (Lipinski definition) is 1. The topological polar surface area (TPSA) is 67.9 Å². The number of rotatable bonds is 4. The number of H-pyrrole nitrogens is 1. The largest absolute Gasteiger partial charge is 0.468 e. The molecule has 0 aliphatic heterocycles. The lowest BCUT2D eigenvalue weighted by molar-refractivity contribution is -0.144. The van der Waals surface area contributed by atoms with Crippen LogP contribution in [0.3, 0.4) is 0 Å². The van der Waals surface area contributed by atoms with E-state index >= 15 is 0 Å². The molecule has 3 rings (SSSR count). The summed E-state index contributed by atoms with van der Waals surface area (Å²) >= 11 is 1.59. The number of aromatic amines is 1. The molecule has 0 bridgehead atoms. The SMILES string of the molecule is COC(=O)C(c1nc(-c2cccs2)n[nH]1)C1CCCC1. The molecule has 1 aliphatic carbocycles. The summed E-state index contributed by atoms with van der Waals surface area (Å²) in [6.45, 7) is 0. The summed E-state index contributed by atoms with van der Waals surface area (Å²) in [5.41, 5.74) is 0. The molecule has 6 heteroatoms. The first-order valence-electron chi connectivity index (χ1n) is 6.83. The normalized spacial score (nSPS) is 17.2. The van der Waals surface area contributed by atoms with Crippen LogP contribution in [0.2, 0.25) is 0 Å². The van der Waals surface area contributed by atoms with Crippen LogP contribution in [0.5, 0.6) is 0 Å². The van der Waals surface area contributed by atoms with Gasteiger partial charge < -0.3 is 4.74 Å². The molecule has 1 fully saturated rings. The average Bonchev–Trinajstić information content (AvgIpc) is 3.20. The Labute approximate surface area is 121 Å². The zero-order chi connectivity index (χ0) is 13.9. The fourth-order valence-corrected chi connectivity index (χ4v) is 3.53. The second kappa shape index (κ2) is 5.75. The fraction of sp³-hybridized carbons (Fsp3) is 0.500. The van der Waals surface area contributed by atoms with Crippen molar-refractivity contribution in [3.63, 3.8) is 0 Å². The summed E-state index contributed by atoms with van der Waals surface area (Å²) in [6, 6.07) is 3.94. The highest BCUT2D eigenvalue weighted by atomic mass is 32.1. The maximum Gasteiger partial charge on any atom is 0.316 e. The fourth-order valence-electron chi connectivity index (χ4n) is 2.87. The van der Waals surface area contributed by atoms with Crippen LogP contribution in [0.25, 0.3) is 10.7 Å². The molecule has 0 aromatic carbocycles. The standard InChI is InChI=1S/C14H17N3O2S/c1-19-14(18)11(9-5-2-3-6-9)13-15-12(16-17-13)10-7-4-8-20-10/h4,7-9,11H,2-3,5-6H2,1H3,(H,15,16,17). The van der Waals surface area contributed by atoms with Crippen LogP contribution in [-0.2, 0) is 9.53 Å². The number of hydrogen-bond acceptors (Lipinski definition) is 5. The lowest BCUT2D eigenvalue weighted by Gasteiger charge is -2.18. The van der Waals surface area contributed by atoms with Gasteiger partial charge in [0.2, 0.25) is 0 Å². The Balaban J connectivity index is 1.89. The van der Waals surface area contributed by atoms with Crippen molar-refractivity contribution in [2.75, 3.05) is 7.11 Å². The maximum absolute atomic E-state index is 12.1. The van der Waals surface area contributed by atoms with Crippen LogP contribution in [0.1, 0.15) is 37.4 Å². The Kier molecular flexibility index (Phi) is 3.82. The molecule has 0 saturated heterocycles. The molecule has 2 aromatic heterocycles. The third-order valence-electron chi connectivity index (χ3n) is 3.87. The first-order valence-corrected chi connectivity index (χ1v) is 7.71. The van der Waals surface area contributed by atoms with Crippen molar-refractivity contribution in [3.05, 3.63) is 23.3 Å². The Morgan fingerprint density at radius 1 is 1.50 bits per heavy atom. The van der Waals surface area contributed by atoms with Gasteiger partial charge in [-0.15, -0.1) is 11.3 Å². The van der Waals surface area contributed by atoms with Crippen molar-refractivity contribution in [1.82, 2.24) is 15.2 Å². The second-order valence-corrected chi connectivity index (χ2v) is 6.01. The molecule has 1 N–H and O–H groups in total. The Hall–Kier alpha value is -1.69. The number of nitrogens with zero attached hydrogens (tertiary/aromatic N) is 2. The van der Waals surface area contributed by atoms with Gasteiger partial charge in [0.1, 0.15) is 11.7 Å². The molecule has 106 valence electrons. The van der Waals surface area contributed by atoms with Gasteiger partial charge in [-0.1, -0.05) is 18.9 Å². The van der Waals surface area contributed by atoms with Gasteiger partial charge in [-0.05, 0) is 30.2 Å². The van der Waals surface area contributed by atoms with Crippen LogP contribution < -0.4 is 0 Å². The molecular weight excluding hydrogens is 274 g/mol. The summed E-state index contributed by atoms with van der Waals surface area (Å²) in [7, 11) is 1.43. The molecule has 2 aromatic rings. The molecule has 1 saturated carbocycles. The summed E-state index contributed by atoms with van der Waals surface area (Å²) in [5.74, 6) is 1.06. The van der Waals surface area contributed by atoms with Crippen molar-refractivity contribution in [1.29, 1.82) is 0 Å².